The normalized spacial score (nSPS) is 19.4. The minimum absolute atomic E-state index is 0.148. The van der Waals surface area contributed by atoms with Gasteiger partial charge in [-0.2, -0.15) is 0 Å². The van der Waals surface area contributed by atoms with Crippen LogP contribution in [0.2, 0.25) is 0 Å². The van der Waals surface area contributed by atoms with E-state index in [0.717, 1.165) is 17.7 Å². The van der Waals surface area contributed by atoms with E-state index in [0.29, 0.717) is 18.1 Å². The van der Waals surface area contributed by atoms with Gasteiger partial charge in [0.1, 0.15) is 5.75 Å². The van der Waals surface area contributed by atoms with Crippen LogP contribution in [0.15, 0.2) is 36.4 Å². The first-order valence-corrected chi connectivity index (χ1v) is 11.9. The van der Waals surface area contributed by atoms with E-state index < -0.39 is 0 Å². The van der Waals surface area contributed by atoms with E-state index >= 15 is 0 Å². The molecule has 1 saturated carbocycles. The van der Waals surface area contributed by atoms with Gasteiger partial charge in [0.15, 0.2) is 0 Å². The lowest BCUT2D eigenvalue weighted by molar-refractivity contribution is -0.134. The maximum Gasteiger partial charge on any atom is 0.311 e. The summed E-state index contributed by atoms with van der Waals surface area (Å²) in [5.74, 6) is 2.17. The summed E-state index contributed by atoms with van der Waals surface area (Å²) in [6.45, 7) is 4.28. The van der Waals surface area contributed by atoms with E-state index in [4.69, 9.17) is 4.74 Å². The van der Waals surface area contributed by atoms with E-state index in [1.165, 1.54) is 75.2 Å². The van der Waals surface area contributed by atoms with Gasteiger partial charge in [-0.3, -0.25) is 4.79 Å². The van der Waals surface area contributed by atoms with Crippen LogP contribution in [0.4, 0.5) is 0 Å². The lowest BCUT2D eigenvalue weighted by atomic mass is 9.77. The highest BCUT2D eigenvalue weighted by Gasteiger charge is 2.22. The van der Waals surface area contributed by atoms with Crippen LogP contribution in [-0.2, 0) is 4.79 Å². The van der Waals surface area contributed by atoms with Crippen molar-refractivity contribution in [1.82, 2.24) is 0 Å². The molecule has 0 spiro atoms. The Morgan fingerprint density at radius 1 is 0.862 bits per heavy atom. The maximum atomic E-state index is 11.7. The van der Waals surface area contributed by atoms with Crippen LogP contribution >= 0.6 is 0 Å². The number of hydrogen-bond donors (Lipinski definition) is 0. The first-order valence-electron chi connectivity index (χ1n) is 11.9. The summed E-state index contributed by atoms with van der Waals surface area (Å²) in [6, 6.07) is 12.8. The number of fused-ring (bicyclic) bond motifs is 1. The number of carbonyl (C=O) groups is 1. The second-order valence-corrected chi connectivity index (χ2v) is 8.91. The van der Waals surface area contributed by atoms with Crippen molar-refractivity contribution in [3.05, 3.63) is 42.0 Å². The first-order chi connectivity index (χ1) is 14.2. The van der Waals surface area contributed by atoms with Crippen molar-refractivity contribution in [1.29, 1.82) is 0 Å². The topological polar surface area (TPSA) is 26.3 Å². The zero-order valence-corrected chi connectivity index (χ0v) is 18.4. The molecule has 29 heavy (non-hydrogen) atoms. The Kier molecular flexibility index (Phi) is 8.58. The van der Waals surface area contributed by atoms with Gasteiger partial charge in [-0.25, -0.2) is 0 Å². The summed E-state index contributed by atoms with van der Waals surface area (Å²) in [7, 11) is 0. The Labute approximate surface area is 177 Å². The van der Waals surface area contributed by atoms with Crippen molar-refractivity contribution >= 4 is 16.7 Å². The fourth-order valence-corrected chi connectivity index (χ4v) is 4.77. The summed E-state index contributed by atoms with van der Waals surface area (Å²) in [5.41, 5.74) is 1.48. The third kappa shape index (κ3) is 6.59. The molecule has 0 aromatic heterocycles. The Morgan fingerprint density at radius 3 is 2.34 bits per heavy atom. The molecule has 0 saturated heterocycles. The molecule has 1 aliphatic carbocycles. The Morgan fingerprint density at radius 2 is 1.59 bits per heavy atom. The van der Waals surface area contributed by atoms with E-state index in [2.05, 4.69) is 31.2 Å². The lowest BCUT2D eigenvalue weighted by Crippen LogP contribution is -2.13. The van der Waals surface area contributed by atoms with Crippen LogP contribution in [0.3, 0.4) is 0 Å². The molecule has 0 aliphatic heterocycles. The van der Waals surface area contributed by atoms with E-state index in [-0.39, 0.29) is 5.97 Å². The van der Waals surface area contributed by atoms with Gasteiger partial charge in [0, 0.05) is 6.42 Å². The molecule has 0 radical (unpaired) electrons. The number of unbranched alkanes of at least 4 members (excludes halogenated alkanes) is 4. The molecule has 1 fully saturated rings. The van der Waals surface area contributed by atoms with Gasteiger partial charge in [0.25, 0.3) is 0 Å². The number of benzene rings is 2. The molecule has 2 aromatic rings. The number of hydrogen-bond acceptors (Lipinski definition) is 2. The standard InChI is InChI=1S/C27H38O2/c1-3-5-6-7-8-10-21-11-13-22(14-12-21)23-15-16-25-20-26(18-17-24(25)19-23)29-27(28)9-4-2/h15-22H,3-14H2,1-2H3. The van der Waals surface area contributed by atoms with Crippen LogP contribution in [0, 0.1) is 5.92 Å². The summed E-state index contributed by atoms with van der Waals surface area (Å²) < 4.78 is 5.44. The Hall–Kier alpha value is -1.83. The number of rotatable bonds is 10. The minimum Gasteiger partial charge on any atom is -0.427 e. The highest BCUT2D eigenvalue weighted by molar-refractivity contribution is 5.85. The summed E-state index contributed by atoms with van der Waals surface area (Å²) in [5, 5.41) is 2.40. The predicted molar refractivity (Wildman–Crippen MR) is 123 cm³/mol. The largest absolute Gasteiger partial charge is 0.427 e. The average molecular weight is 395 g/mol. The monoisotopic (exact) mass is 394 g/mol. The molecular weight excluding hydrogens is 356 g/mol. The van der Waals surface area contributed by atoms with Crippen molar-refractivity contribution in [2.45, 2.75) is 96.8 Å². The zero-order valence-electron chi connectivity index (χ0n) is 18.4. The fourth-order valence-electron chi connectivity index (χ4n) is 4.77. The fraction of sp³-hybridized carbons (Fsp3) is 0.593. The van der Waals surface area contributed by atoms with Crippen LogP contribution in [0.5, 0.6) is 5.75 Å². The van der Waals surface area contributed by atoms with E-state index in [1.54, 1.807) is 0 Å². The molecule has 1 aliphatic rings. The lowest BCUT2D eigenvalue weighted by Gasteiger charge is -2.29. The van der Waals surface area contributed by atoms with Gasteiger partial charge < -0.3 is 4.74 Å². The molecular formula is C27H38O2. The van der Waals surface area contributed by atoms with Crippen LogP contribution in [0.1, 0.15) is 102 Å². The van der Waals surface area contributed by atoms with Crippen molar-refractivity contribution in [3.63, 3.8) is 0 Å². The van der Waals surface area contributed by atoms with Crippen molar-refractivity contribution < 1.29 is 9.53 Å². The molecule has 0 bridgehead atoms. The number of ether oxygens (including phenoxy) is 1. The molecule has 158 valence electrons. The third-order valence-electron chi connectivity index (χ3n) is 6.56. The van der Waals surface area contributed by atoms with Gasteiger partial charge in [-0.05, 0) is 72.4 Å². The average Bonchev–Trinajstić information content (AvgIpc) is 2.74. The van der Waals surface area contributed by atoms with Gasteiger partial charge in [0.2, 0.25) is 0 Å². The molecule has 0 N–H and O–H groups in total. The summed E-state index contributed by atoms with van der Waals surface area (Å²) >= 11 is 0. The summed E-state index contributed by atoms with van der Waals surface area (Å²) in [4.78, 5) is 11.7. The van der Waals surface area contributed by atoms with E-state index in [1.807, 2.05) is 19.1 Å². The molecule has 2 aromatic carbocycles. The van der Waals surface area contributed by atoms with Crippen LogP contribution < -0.4 is 4.74 Å². The van der Waals surface area contributed by atoms with E-state index in [9.17, 15) is 4.79 Å². The predicted octanol–water partition coefficient (Wildman–Crippen LogP) is 8.18. The van der Waals surface area contributed by atoms with Crippen LogP contribution in [-0.4, -0.2) is 5.97 Å². The third-order valence-corrected chi connectivity index (χ3v) is 6.56. The number of esters is 1. The van der Waals surface area contributed by atoms with Crippen molar-refractivity contribution in [2.24, 2.45) is 5.92 Å². The second-order valence-electron chi connectivity index (χ2n) is 8.91. The Balaban J connectivity index is 1.52. The second kappa shape index (κ2) is 11.4. The van der Waals surface area contributed by atoms with Gasteiger partial charge >= 0.3 is 5.97 Å². The smallest absolute Gasteiger partial charge is 0.311 e. The minimum atomic E-state index is -0.148. The molecule has 0 unspecified atom stereocenters. The molecule has 0 heterocycles. The molecule has 3 rings (SSSR count). The summed E-state index contributed by atoms with van der Waals surface area (Å²) in [6.07, 6.45) is 15.2. The maximum absolute atomic E-state index is 11.7. The first kappa shape index (κ1) is 21.9. The quantitative estimate of drug-likeness (QED) is 0.231. The highest BCUT2D eigenvalue weighted by atomic mass is 16.5. The van der Waals surface area contributed by atoms with Crippen molar-refractivity contribution in [3.8, 4) is 5.75 Å². The molecule has 2 heteroatoms. The number of carbonyl (C=O) groups excluding carboxylic acids is 1. The van der Waals surface area contributed by atoms with Crippen LogP contribution in [0.25, 0.3) is 10.8 Å². The Bertz CT molecular complexity index is 771. The van der Waals surface area contributed by atoms with Crippen molar-refractivity contribution in [2.75, 3.05) is 0 Å². The zero-order chi connectivity index (χ0) is 20.5. The van der Waals surface area contributed by atoms with Gasteiger partial charge in [0.05, 0.1) is 0 Å². The SMILES string of the molecule is CCCCCCCC1CCC(c2ccc3cc(OC(=O)CCC)ccc3c2)CC1. The molecule has 2 nitrogen and oxygen atoms in total. The van der Waals surface area contributed by atoms with Gasteiger partial charge in [-0.15, -0.1) is 0 Å². The molecule has 0 atom stereocenters. The van der Waals surface area contributed by atoms with Gasteiger partial charge in [-0.1, -0.05) is 76.6 Å². The molecule has 0 amide bonds. The highest BCUT2D eigenvalue weighted by Crippen LogP contribution is 2.38.